The molecule has 1 amide bonds. The quantitative estimate of drug-likeness (QED) is 0.489. The number of para-hydroxylation sites is 1. The minimum absolute atomic E-state index is 0.137. The number of amides is 1. The van der Waals surface area contributed by atoms with Gasteiger partial charge in [-0.1, -0.05) is 42.4 Å². The van der Waals surface area contributed by atoms with Crippen molar-refractivity contribution in [1.82, 2.24) is 14.9 Å². The third-order valence-corrected chi connectivity index (χ3v) is 5.45. The summed E-state index contributed by atoms with van der Waals surface area (Å²) in [4.78, 5) is 26.4. The maximum absolute atomic E-state index is 13.2. The standard InChI is InChI=1S/C24H24N4O4/c1-5-19(23(29)25-18-12-7-6-9-14(18)2)28-24(30)22-20(15(3)32-27-22)21(26-28)16-10-8-11-17(13-16)31-4/h6-13,19H,5H2,1-4H3,(H,25,29)/t19-/m0/s1. The summed E-state index contributed by atoms with van der Waals surface area (Å²) < 4.78 is 11.9. The first-order chi connectivity index (χ1) is 15.4. The summed E-state index contributed by atoms with van der Waals surface area (Å²) in [5.41, 5.74) is 2.50. The molecule has 0 bridgehead atoms. The van der Waals surface area contributed by atoms with E-state index >= 15 is 0 Å². The number of nitrogens with zero attached hydrogens (tertiary/aromatic N) is 3. The van der Waals surface area contributed by atoms with Crippen molar-refractivity contribution in [3.63, 3.8) is 0 Å². The van der Waals surface area contributed by atoms with Crippen molar-refractivity contribution in [3.05, 3.63) is 70.2 Å². The van der Waals surface area contributed by atoms with Crippen LogP contribution < -0.4 is 15.6 Å². The highest BCUT2D eigenvalue weighted by molar-refractivity contribution is 5.96. The molecule has 2 heterocycles. The molecule has 0 radical (unpaired) electrons. The smallest absolute Gasteiger partial charge is 0.297 e. The zero-order valence-electron chi connectivity index (χ0n) is 18.4. The Morgan fingerprint density at radius 3 is 2.69 bits per heavy atom. The van der Waals surface area contributed by atoms with Crippen molar-refractivity contribution in [2.24, 2.45) is 0 Å². The van der Waals surface area contributed by atoms with Crippen LogP contribution in [0, 0.1) is 13.8 Å². The van der Waals surface area contributed by atoms with Gasteiger partial charge in [-0.25, -0.2) is 4.68 Å². The van der Waals surface area contributed by atoms with E-state index in [0.29, 0.717) is 34.7 Å². The molecule has 0 aliphatic carbocycles. The number of anilines is 1. The predicted molar refractivity (Wildman–Crippen MR) is 122 cm³/mol. The summed E-state index contributed by atoms with van der Waals surface area (Å²) in [7, 11) is 1.58. The predicted octanol–water partition coefficient (Wildman–Crippen LogP) is 4.27. The van der Waals surface area contributed by atoms with Crippen molar-refractivity contribution >= 4 is 22.5 Å². The van der Waals surface area contributed by atoms with Gasteiger partial charge in [0.2, 0.25) is 5.91 Å². The molecule has 0 unspecified atom stereocenters. The molecule has 0 saturated carbocycles. The summed E-state index contributed by atoms with van der Waals surface area (Å²) in [6.07, 6.45) is 0.366. The van der Waals surface area contributed by atoms with Gasteiger partial charge in [0.1, 0.15) is 23.2 Å². The minimum Gasteiger partial charge on any atom is -0.497 e. The van der Waals surface area contributed by atoms with Crippen molar-refractivity contribution in [1.29, 1.82) is 0 Å². The fourth-order valence-corrected chi connectivity index (χ4v) is 3.69. The second kappa shape index (κ2) is 8.66. The molecule has 0 aliphatic rings. The highest BCUT2D eigenvalue weighted by Gasteiger charge is 2.26. The monoisotopic (exact) mass is 432 g/mol. The zero-order valence-corrected chi connectivity index (χ0v) is 18.4. The molecule has 0 aliphatic heterocycles. The molecule has 2 aromatic carbocycles. The molecule has 1 N–H and O–H groups in total. The summed E-state index contributed by atoms with van der Waals surface area (Å²) in [5, 5.41) is 12.0. The van der Waals surface area contributed by atoms with Crippen LogP contribution in [0.15, 0.2) is 57.8 Å². The van der Waals surface area contributed by atoms with E-state index in [9.17, 15) is 9.59 Å². The van der Waals surface area contributed by atoms with Crippen molar-refractivity contribution in [2.45, 2.75) is 33.2 Å². The van der Waals surface area contributed by atoms with Crippen LogP contribution in [0.1, 0.15) is 30.7 Å². The van der Waals surface area contributed by atoms with Gasteiger partial charge in [0.25, 0.3) is 5.56 Å². The molecule has 0 fully saturated rings. The van der Waals surface area contributed by atoms with E-state index < -0.39 is 11.6 Å². The number of fused-ring (bicyclic) bond motifs is 1. The number of carbonyl (C=O) groups excluding carboxylic acids is 1. The molecular weight excluding hydrogens is 408 g/mol. The lowest BCUT2D eigenvalue weighted by molar-refractivity contribution is -0.119. The average Bonchev–Trinajstić information content (AvgIpc) is 3.19. The Morgan fingerprint density at radius 1 is 1.19 bits per heavy atom. The normalized spacial score (nSPS) is 12.0. The van der Waals surface area contributed by atoms with E-state index in [2.05, 4.69) is 15.6 Å². The Morgan fingerprint density at radius 2 is 1.97 bits per heavy atom. The first-order valence-electron chi connectivity index (χ1n) is 10.3. The first-order valence-corrected chi connectivity index (χ1v) is 10.3. The number of aryl methyl sites for hydroxylation is 2. The topological polar surface area (TPSA) is 99.2 Å². The molecule has 164 valence electrons. The molecule has 0 saturated heterocycles. The number of hydrogen-bond donors (Lipinski definition) is 1. The van der Waals surface area contributed by atoms with Crippen LogP contribution in [-0.4, -0.2) is 28.0 Å². The fourth-order valence-electron chi connectivity index (χ4n) is 3.69. The lowest BCUT2D eigenvalue weighted by Crippen LogP contribution is -2.35. The summed E-state index contributed by atoms with van der Waals surface area (Å²) >= 11 is 0. The van der Waals surface area contributed by atoms with E-state index in [1.807, 2.05) is 62.4 Å². The maximum Gasteiger partial charge on any atom is 0.297 e. The van der Waals surface area contributed by atoms with E-state index in [1.165, 1.54) is 4.68 Å². The molecule has 0 spiro atoms. The Kier molecular flexibility index (Phi) is 5.77. The third-order valence-electron chi connectivity index (χ3n) is 5.45. The number of aromatic nitrogens is 3. The second-order valence-electron chi connectivity index (χ2n) is 7.52. The lowest BCUT2D eigenvalue weighted by Gasteiger charge is -2.18. The molecule has 2 aromatic heterocycles. The average molecular weight is 432 g/mol. The van der Waals surface area contributed by atoms with Crippen LogP contribution in [-0.2, 0) is 4.79 Å². The molecule has 1 atom stereocenters. The highest BCUT2D eigenvalue weighted by atomic mass is 16.5. The van der Waals surface area contributed by atoms with Gasteiger partial charge < -0.3 is 14.6 Å². The van der Waals surface area contributed by atoms with Gasteiger partial charge in [0, 0.05) is 11.3 Å². The second-order valence-corrected chi connectivity index (χ2v) is 7.52. The number of rotatable bonds is 6. The number of ether oxygens (including phenoxy) is 1. The minimum atomic E-state index is -0.826. The maximum atomic E-state index is 13.2. The Labute approximate surface area is 184 Å². The number of carbonyl (C=O) groups is 1. The Bertz CT molecular complexity index is 1360. The van der Waals surface area contributed by atoms with Crippen LogP contribution in [0.2, 0.25) is 0 Å². The van der Waals surface area contributed by atoms with Gasteiger partial charge in [-0.05, 0) is 44.0 Å². The van der Waals surface area contributed by atoms with Crippen LogP contribution in [0.5, 0.6) is 5.75 Å². The van der Waals surface area contributed by atoms with E-state index in [-0.39, 0.29) is 11.4 Å². The van der Waals surface area contributed by atoms with E-state index in [4.69, 9.17) is 9.26 Å². The third kappa shape index (κ3) is 3.75. The van der Waals surface area contributed by atoms with Gasteiger partial charge >= 0.3 is 0 Å². The number of nitrogens with one attached hydrogen (secondary N) is 1. The zero-order chi connectivity index (χ0) is 22.8. The molecule has 32 heavy (non-hydrogen) atoms. The molecule has 8 heteroatoms. The SMILES string of the molecule is CC[C@@H](C(=O)Nc1ccccc1C)n1nc(-c2cccc(OC)c2)c2c(C)onc2c1=O. The van der Waals surface area contributed by atoms with Crippen LogP contribution in [0.25, 0.3) is 22.2 Å². The van der Waals surface area contributed by atoms with Crippen molar-refractivity contribution < 1.29 is 14.1 Å². The molecular formula is C24H24N4O4. The molecule has 8 nitrogen and oxygen atoms in total. The van der Waals surface area contributed by atoms with Gasteiger partial charge in [-0.3, -0.25) is 9.59 Å². The van der Waals surface area contributed by atoms with Gasteiger partial charge in [-0.15, -0.1) is 0 Å². The van der Waals surface area contributed by atoms with Crippen molar-refractivity contribution in [3.8, 4) is 17.0 Å². The van der Waals surface area contributed by atoms with Gasteiger partial charge in [0.05, 0.1) is 12.5 Å². The Hall–Kier alpha value is -3.94. The van der Waals surface area contributed by atoms with Crippen LogP contribution in [0.4, 0.5) is 5.69 Å². The van der Waals surface area contributed by atoms with Crippen LogP contribution in [0.3, 0.4) is 0 Å². The van der Waals surface area contributed by atoms with E-state index in [1.54, 1.807) is 14.0 Å². The van der Waals surface area contributed by atoms with E-state index in [0.717, 1.165) is 11.1 Å². The summed E-state index contributed by atoms with van der Waals surface area (Å²) in [6.45, 7) is 5.47. The largest absolute Gasteiger partial charge is 0.497 e. The van der Waals surface area contributed by atoms with Crippen molar-refractivity contribution in [2.75, 3.05) is 12.4 Å². The fraction of sp³-hybridized carbons (Fsp3) is 0.250. The van der Waals surface area contributed by atoms with Gasteiger partial charge in [0.15, 0.2) is 5.52 Å². The highest BCUT2D eigenvalue weighted by Crippen LogP contribution is 2.30. The number of benzene rings is 2. The van der Waals surface area contributed by atoms with Gasteiger partial charge in [-0.2, -0.15) is 5.10 Å². The number of hydrogen-bond acceptors (Lipinski definition) is 6. The summed E-state index contributed by atoms with van der Waals surface area (Å²) in [6, 6.07) is 14.0. The summed E-state index contributed by atoms with van der Waals surface area (Å²) in [5.74, 6) is 0.799. The molecule has 4 rings (SSSR count). The lowest BCUT2D eigenvalue weighted by atomic mass is 10.1. The number of methoxy groups -OCH3 is 1. The van der Waals surface area contributed by atoms with Crippen LogP contribution >= 0.6 is 0 Å². The Balaban J connectivity index is 1.86. The molecule has 4 aromatic rings. The first kappa shape index (κ1) is 21.3.